The van der Waals surface area contributed by atoms with Gasteiger partial charge in [0.15, 0.2) is 0 Å². The smallest absolute Gasteiger partial charge is 0.0206 e. The quantitative estimate of drug-likeness (QED) is 0.211. The molecule has 0 radical (unpaired) electrons. The Hall–Kier alpha value is -3.36. The molecule has 7 aliphatic heterocycles. The summed E-state index contributed by atoms with van der Waals surface area (Å²) in [5.41, 5.74) is 10.3. The molecule has 0 spiro atoms. The van der Waals surface area contributed by atoms with Gasteiger partial charge in [0.05, 0.1) is 0 Å². The largest absolute Gasteiger partial charge is 0.314 e. The minimum absolute atomic E-state index is 0.886. The average Bonchev–Trinajstić information content (AvgIpc) is 3.05. The maximum Gasteiger partial charge on any atom is 0.0206 e. The first-order valence-corrected chi connectivity index (χ1v) is 15.8. The highest BCUT2D eigenvalue weighted by Gasteiger charge is 2.03. The van der Waals surface area contributed by atoms with Gasteiger partial charge < -0.3 is 31.5 Å². The standard InChI is InChI=1S/C37H48N6/c1-43-24-22-41-28-32-6-14-36(15-7-32)34-10-2-30(3-11-34)26-39-20-18-38-19-21-40-27-31-4-12-35(13-5-31)37-16-8-33(9-17-37)29-42-23-25-43/h2-17,38-42H,18-29H2,1H3. The Labute approximate surface area is 258 Å². The van der Waals surface area contributed by atoms with E-state index in [9.17, 15) is 0 Å². The molecule has 6 nitrogen and oxygen atoms in total. The van der Waals surface area contributed by atoms with Crippen LogP contribution < -0.4 is 26.6 Å². The van der Waals surface area contributed by atoms with Crippen LogP contribution in [-0.2, 0) is 26.2 Å². The van der Waals surface area contributed by atoms with Crippen molar-refractivity contribution in [1.82, 2.24) is 31.5 Å². The number of rotatable bonds is 0. The minimum atomic E-state index is 0.886. The summed E-state index contributed by atoms with van der Waals surface area (Å²) in [6.07, 6.45) is 0. The van der Waals surface area contributed by atoms with Gasteiger partial charge in [0.2, 0.25) is 0 Å². The molecule has 226 valence electrons. The Morgan fingerprint density at radius 1 is 0.349 bits per heavy atom. The van der Waals surface area contributed by atoms with Gasteiger partial charge in [-0.3, -0.25) is 0 Å². The van der Waals surface area contributed by atoms with Crippen LogP contribution in [0.15, 0.2) is 97.1 Å². The Morgan fingerprint density at radius 2 is 0.605 bits per heavy atom. The van der Waals surface area contributed by atoms with E-state index in [-0.39, 0.29) is 0 Å². The molecule has 7 aliphatic rings. The zero-order chi connectivity index (χ0) is 29.5. The van der Waals surface area contributed by atoms with Gasteiger partial charge >= 0.3 is 0 Å². The summed E-state index contributed by atoms with van der Waals surface area (Å²) in [7, 11) is 2.20. The second kappa shape index (κ2) is 17.1. The third-order valence-electron chi connectivity index (χ3n) is 8.10. The zero-order valence-electron chi connectivity index (χ0n) is 25.7. The molecule has 11 rings (SSSR count). The Bertz CT molecular complexity index is 1230. The van der Waals surface area contributed by atoms with Crippen LogP contribution in [0.4, 0.5) is 0 Å². The van der Waals surface area contributed by atoms with Crippen LogP contribution in [0, 0.1) is 0 Å². The fourth-order valence-electron chi connectivity index (χ4n) is 5.32. The molecule has 6 heteroatoms. The fourth-order valence-corrected chi connectivity index (χ4v) is 5.32. The van der Waals surface area contributed by atoms with Crippen molar-refractivity contribution in [2.24, 2.45) is 0 Å². The SMILES string of the molecule is CN1CCNCc2ccc(cc2)-c2ccc(cc2)CNCCNCCNCc2ccc(cc2)-c2ccc(cc2)CNCC1. The average molecular weight is 577 g/mol. The summed E-state index contributed by atoms with van der Waals surface area (Å²) in [6, 6.07) is 35.7. The first-order valence-electron chi connectivity index (χ1n) is 15.8. The first kappa shape index (κ1) is 31.1. The molecule has 43 heavy (non-hydrogen) atoms. The molecule has 7 heterocycles. The normalized spacial score (nSPS) is 17.1. The van der Waals surface area contributed by atoms with Gasteiger partial charge in [-0.15, -0.1) is 0 Å². The molecule has 0 aromatic heterocycles. The fraction of sp³-hybridized carbons (Fsp3) is 0.351. The first-order chi connectivity index (χ1) is 21.2. The molecule has 0 fully saturated rings. The van der Waals surface area contributed by atoms with Crippen molar-refractivity contribution >= 4 is 0 Å². The van der Waals surface area contributed by atoms with Gasteiger partial charge in [-0.1, -0.05) is 97.1 Å². The van der Waals surface area contributed by atoms with Crippen molar-refractivity contribution in [3.05, 3.63) is 119 Å². The molecular weight excluding hydrogens is 528 g/mol. The van der Waals surface area contributed by atoms with E-state index in [1.165, 1.54) is 44.5 Å². The molecule has 0 saturated carbocycles. The molecule has 0 unspecified atom stereocenters. The van der Waals surface area contributed by atoms with E-state index < -0.39 is 0 Å². The predicted octanol–water partition coefficient (Wildman–Crippen LogP) is 4.61. The van der Waals surface area contributed by atoms with Crippen molar-refractivity contribution < 1.29 is 0 Å². The van der Waals surface area contributed by atoms with Crippen LogP contribution in [0.1, 0.15) is 22.3 Å². The van der Waals surface area contributed by atoms with Crippen molar-refractivity contribution in [3.8, 4) is 22.3 Å². The molecular formula is C37H48N6. The van der Waals surface area contributed by atoms with E-state index in [0.717, 1.165) is 78.5 Å². The van der Waals surface area contributed by atoms with Crippen LogP contribution in [0.3, 0.4) is 0 Å². The summed E-state index contributed by atoms with van der Waals surface area (Å²) < 4.78 is 0. The second-order valence-corrected chi connectivity index (χ2v) is 11.5. The topological polar surface area (TPSA) is 63.4 Å². The third kappa shape index (κ3) is 10.4. The van der Waals surface area contributed by atoms with E-state index >= 15 is 0 Å². The van der Waals surface area contributed by atoms with Gasteiger partial charge in [0.1, 0.15) is 0 Å². The van der Waals surface area contributed by atoms with E-state index in [2.05, 4.69) is 136 Å². The molecule has 4 aromatic carbocycles. The van der Waals surface area contributed by atoms with Gasteiger partial charge in [-0.25, -0.2) is 0 Å². The number of likely N-dealkylation sites (N-methyl/N-ethyl adjacent to an activating group) is 1. The number of benzene rings is 4. The van der Waals surface area contributed by atoms with Crippen molar-refractivity contribution in [1.29, 1.82) is 0 Å². The Morgan fingerprint density at radius 3 is 0.907 bits per heavy atom. The lowest BCUT2D eigenvalue weighted by molar-refractivity contribution is 0.328. The number of hydrogen-bond acceptors (Lipinski definition) is 6. The molecule has 0 atom stereocenters. The highest BCUT2D eigenvalue weighted by atomic mass is 15.1. The highest BCUT2D eigenvalue weighted by Crippen LogP contribution is 2.21. The molecule has 5 N–H and O–H groups in total. The lowest BCUT2D eigenvalue weighted by atomic mass is 10.0. The minimum Gasteiger partial charge on any atom is -0.314 e. The maximum absolute atomic E-state index is 3.60. The summed E-state index contributed by atoms with van der Waals surface area (Å²) in [4.78, 5) is 2.38. The van der Waals surface area contributed by atoms with Gasteiger partial charge in [-0.2, -0.15) is 0 Å². The zero-order valence-corrected chi connectivity index (χ0v) is 25.7. The van der Waals surface area contributed by atoms with Crippen LogP contribution in [0.25, 0.3) is 22.3 Å². The molecule has 0 amide bonds. The summed E-state index contributed by atoms with van der Waals surface area (Å²) >= 11 is 0. The van der Waals surface area contributed by atoms with Gasteiger partial charge in [-0.05, 0) is 51.6 Å². The van der Waals surface area contributed by atoms with Crippen LogP contribution in [0.2, 0.25) is 0 Å². The number of nitrogens with one attached hydrogen (secondary N) is 5. The van der Waals surface area contributed by atoms with Gasteiger partial charge in [0, 0.05) is 78.5 Å². The van der Waals surface area contributed by atoms with Gasteiger partial charge in [0.25, 0.3) is 0 Å². The molecule has 4 aromatic rings. The monoisotopic (exact) mass is 576 g/mol. The molecule has 0 aliphatic carbocycles. The maximum atomic E-state index is 3.60. The predicted molar refractivity (Wildman–Crippen MR) is 181 cm³/mol. The third-order valence-corrected chi connectivity index (χ3v) is 8.10. The Balaban J connectivity index is 1.13. The summed E-state index contributed by atoms with van der Waals surface area (Å²) in [6.45, 7) is 11.4. The lowest BCUT2D eigenvalue weighted by Crippen LogP contribution is -2.34. The number of hydrogen-bond donors (Lipinski definition) is 5. The highest BCUT2D eigenvalue weighted by molar-refractivity contribution is 5.64. The second-order valence-electron chi connectivity index (χ2n) is 11.5. The number of nitrogens with zero attached hydrogens (tertiary/aromatic N) is 1. The van der Waals surface area contributed by atoms with Crippen molar-refractivity contribution in [2.75, 3.05) is 59.4 Å². The Kier molecular flexibility index (Phi) is 12.3. The van der Waals surface area contributed by atoms with E-state index in [1.54, 1.807) is 0 Å². The van der Waals surface area contributed by atoms with E-state index in [4.69, 9.17) is 0 Å². The molecule has 0 saturated heterocycles. The van der Waals surface area contributed by atoms with Crippen LogP contribution in [0.5, 0.6) is 0 Å². The lowest BCUT2D eigenvalue weighted by Gasteiger charge is -2.17. The summed E-state index contributed by atoms with van der Waals surface area (Å²) in [5.74, 6) is 0. The van der Waals surface area contributed by atoms with Crippen molar-refractivity contribution in [2.45, 2.75) is 26.2 Å². The molecule has 8 bridgehead atoms. The van der Waals surface area contributed by atoms with Crippen LogP contribution in [-0.4, -0.2) is 64.3 Å². The van der Waals surface area contributed by atoms with E-state index in [0.29, 0.717) is 0 Å². The summed E-state index contributed by atoms with van der Waals surface area (Å²) in [5, 5.41) is 17.8. The van der Waals surface area contributed by atoms with E-state index in [1.807, 2.05) is 0 Å². The van der Waals surface area contributed by atoms with Crippen molar-refractivity contribution in [3.63, 3.8) is 0 Å². The van der Waals surface area contributed by atoms with Crippen LogP contribution >= 0.6 is 0 Å².